The number of nitrogens with two attached hydrogens (primary N) is 1. The van der Waals surface area contributed by atoms with Crippen molar-refractivity contribution >= 4 is 15.9 Å². The van der Waals surface area contributed by atoms with E-state index in [9.17, 15) is 0 Å². The van der Waals surface area contributed by atoms with Crippen LogP contribution in [0.5, 0.6) is 5.75 Å². The second-order valence-electron chi connectivity index (χ2n) is 5.29. The van der Waals surface area contributed by atoms with E-state index in [1.165, 1.54) is 5.56 Å². The van der Waals surface area contributed by atoms with Crippen LogP contribution >= 0.6 is 15.9 Å². The molecular weight excluding hydrogens is 328 g/mol. The summed E-state index contributed by atoms with van der Waals surface area (Å²) in [5.74, 6) is 6.61. The highest BCUT2D eigenvalue weighted by Gasteiger charge is 2.12. The monoisotopic (exact) mass is 348 g/mol. The second kappa shape index (κ2) is 7.59. The molecule has 0 heterocycles. The molecule has 0 saturated heterocycles. The zero-order valence-corrected chi connectivity index (χ0v) is 13.9. The first kappa shape index (κ1) is 16.0. The second-order valence-corrected chi connectivity index (χ2v) is 6.21. The van der Waals surface area contributed by atoms with Crippen LogP contribution in [0.2, 0.25) is 0 Å². The van der Waals surface area contributed by atoms with Gasteiger partial charge in [0, 0.05) is 4.47 Å². The van der Waals surface area contributed by atoms with Crippen molar-refractivity contribution in [2.45, 2.75) is 32.4 Å². The van der Waals surface area contributed by atoms with Crippen LogP contribution in [0.15, 0.2) is 53.0 Å². The lowest BCUT2D eigenvalue weighted by molar-refractivity contribution is 0.242. The van der Waals surface area contributed by atoms with Gasteiger partial charge in [-0.3, -0.25) is 11.3 Å². The third-order valence-corrected chi connectivity index (χ3v) is 3.66. The number of hydrazine groups is 1. The molecule has 0 aromatic heterocycles. The molecule has 2 aromatic carbocycles. The van der Waals surface area contributed by atoms with E-state index in [1.807, 2.05) is 44.2 Å². The fraction of sp³-hybridized carbons (Fsp3) is 0.294. The highest BCUT2D eigenvalue weighted by molar-refractivity contribution is 9.10. The summed E-state index contributed by atoms with van der Waals surface area (Å²) in [6.07, 6.45) is 0.982. The van der Waals surface area contributed by atoms with Crippen molar-refractivity contribution in [3.63, 3.8) is 0 Å². The smallest absolute Gasteiger partial charge is 0.120 e. The van der Waals surface area contributed by atoms with E-state index in [4.69, 9.17) is 10.6 Å². The Morgan fingerprint density at radius 1 is 1.14 bits per heavy atom. The van der Waals surface area contributed by atoms with E-state index in [0.717, 1.165) is 22.2 Å². The molecule has 21 heavy (non-hydrogen) atoms. The number of rotatable bonds is 6. The third-order valence-electron chi connectivity index (χ3n) is 3.16. The molecule has 0 fully saturated rings. The highest BCUT2D eigenvalue weighted by Crippen LogP contribution is 2.24. The molecule has 0 aliphatic heterocycles. The van der Waals surface area contributed by atoms with Gasteiger partial charge in [0.25, 0.3) is 0 Å². The van der Waals surface area contributed by atoms with Gasteiger partial charge in [-0.15, -0.1) is 0 Å². The average Bonchev–Trinajstić information content (AvgIpc) is 2.44. The van der Waals surface area contributed by atoms with Crippen molar-refractivity contribution in [2.75, 3.05) is 0 Å². The van der Waals surface area contributed by atoms with E-state index in [1.54, 1.807) is 0 Å². The molecule has 0 radical (unpaired) electrons. The minimum Gasteiger partial charge on any atom is -0.491 e. The minimum absolute atomic E-state index is 0.0509. The Hall–Kier alpha value is -1.36. The van der Waals surface area contributed by atoms with E-state index in [2.05, 4.69) is 39.6 Å². The Morgan fingerprint density at radius 3 is 2.57 bits per heavy atom. The molecule has 4 heteroatoms. The van der Waals surface area contributed by atoms with Crippen molar-refractivity contribution in [1.29, 1.82) is 0 Å². The lowest BCUT2D eigenvalue weighted by atomic mass is 9.99. The average molecular weight is 349 g/mol. The van der Waals surface area contributed by atoms with Gasteiger partial charge in [-0.25, -0.2) is 0 Å². The Bertz CT molecular complexity index is 587. The molecule has 2 rings (SSSR count). The predicted octanol–water partition coefficient (Wildman–Crippen LogP) is 3.98. The van der Waals surface area contributed by atoms with Gasteiger partial charge in [0.05, 0.1) is 12.1 Å². The van der Waals surface area contributed by atoms with Crippen molar-refractivity contribution in [3.05, 3.63) is 64.1 Å². The maximum atomic E-state index is 5.74. The summed E-state index contributed by atoms with van der Waals surface area (Å²) in [4.78, 5) is 0. The van der Waals surface area contributed by atoms with E-state index < -0.39 is 0 Å². The van der Waals surface area contributed by atoms with Gasteiger partial charge < -0.3 is 4.74 Å². The van der Waals surface area contributed by atoms with Crippen molar-refractivity contribution < 1.29 is 4.74 Å². The zero-order valence-electron chi connectivity index (χ0n) is 12.3. The molecule has 1 unspecified atom stereocenters. The van der Waals surface area contributed by atoms with Gasteiger partial charge in [-0.2, -0.15) is 0 Å². The number of nitrogens with one attached hydrogen (secondary N) is 1. The van der Waals surface area contributed by atoms with Crippen molar-refractivity contribution in [2.24, 2.45) is 5.84 Å². The molecular formula is C17H21BrN2O. The fourth-order valence-electron chi connectivity index (χ4n) is 2.25. The topological polar surface area (TPSA) is 47.3 Å². The highest BCUT2D eigenvalue weighted by atomic mass is 79.9. The first-order chi connectivity index (χ1) is 10.1. The van der Waals surface area contributed by atoms with E-state index in [0.29, 0.717) is 0 Å². The van der Waals surface area contributed by atoms with Gasteiger partial charge in [-0.05, 0) is 55.7 Å². The van der Waals surface area contributed by atoms with Gasteiger partial charge >= 0.3 is 0 Å². The Labute approximate surface area is 134 Å². The number of halogens is 1. The molecule has 0 aliphatic rings. The third kappa shape index (κ3) is 4.84. The lowest BCUT2D eigenvalue weighted by Gasteiger charge is -2.18. The van der Waals surface area contributed by atoms with Crippen LogP contribution in [0.25, 0.3) is 0 Å². The molecule has 2 aromatic rings. The molecule has 0 aliphatic carbocycles. The number of benzene rings is 2. The first-order valence-electron chi connectivity index (χ1n) is 7.05. The molecule has 3 nitrogen and oxygen atoms in total. The number of ether oxygens (including phenoxy) is 1. The summed E-state index contributed by atoms with van der Waals surface area (Å²) in [5.41, 5.74) is 5.24. The summed E-state index contributed by atoms with van der Waals surface area (Å²) in [7, 11) is 0. The molecule has 3 N–H and O–H groups in total. The van der Waals surface area contributed by atoms with Gasteiger partial charge in [0.2, 0.25) is 0 Å². The number of hydrogen-bond acceptors (Lipinski definition) is 3. The molecule has 0 bridgehead atoms. The van der Waals surface area contributed by atoms with Crippen LogP contribution in [0.3, 0.4) is 0 Å². The quantitative estimate of drug-likeness (QED) is 0.613. The molecule has 112 valence electrons. The van der Waals surface area contributed by atoms with Crippen molar-refractivity contribution in [3.8, 4) is 5.75 Å². The molecule has 1 atom stereocenters. The lowest BCUT2D eigenvalue weighted by Crippen LogP contribution is -2.29. The molecule has 0 saturated carbocycles. The van der Waals surface area contributed by atoms with Gasteiger partial charge in [0.15, 0.2) is 0 Å². The summed E-state index contributed by atoms with van der Waals surface area (Å²) in [5, 5.41) is 0. The maximum Gasteiger partial charge on any atom is 0.120 e. The Morgan fingerprint density at radius 2 is 1.90 bits per heavy atom. The van der Waals surface area contributed by atoms with Crippen LogP contribution in [0.1, 0.15) is 31.0 Å². The van der Waals surface area contributed by atoms with Crippen LogP contribution in [-0.2, 0) is 6.42 Å². The maximum absolute atomic E-state index is 5.74. The summed E-state index contributed by atoms with van der Waals surface area (Å²) >= 11 is 3.50. The van der Waals surface area contributed by atoms with E-state index >= 15 is 0 Å². The summed E-state index contributed by atoms with van der Waals surface area (Å²) < 4.78 is 6.82. The normalized spacial score (nSPS) is 12.4. The number of hydrogen-bond donors (Lipinski definition) is 2. The van der Waals surface area contributed by atoms with Crippen LogP contribution in [0.4, 0.5) is 0 Å². The zero-order chi connectivity index (χ0) is 15.2. The van der Waals surface area contributed by atoms with Crippen LogP contribution < -0.4 is 16.0 Å². The Balaban J connectivity index is 2.17. The summed E-state index contributed by atoms with van der Waals surface area (Å²) in [6.45, 7) is 4.04. The summed E-state index contributed by atoms with van der Waals surface area (Å²) in [6, 6.07) is 16.4. The van der Waals surface area contributed by atoms with Crippen molar-refractivity contribution in [1.82, 2.24) is 5.43 Å². The minimum atomic E-state index is 0.0509. The largest absolute Gasteiger partial charge is 0.491 e. The molecule has 0 amide bonds. The SMILES string of the molecule is CC(C)Oc1cccc(C(Cc2cccc(Br)c2)NN)c1. The van der Waals surface area contributed by atoms with Gasteiger partial charge in [0.1, 0.15) is 5.75 Å². The van der Waals surface area contributed by atoms with Crippen LogP contribution in [0, 0.1) is 0 Å². The van der Waals surface area contributed by atoms with Gasteiger partial charge in [-0.1, -0.05) is 40.2 Å². The molecule has 0 spiro atoms. The van der Waals surface area contributed by atoms with Crippen LogP contribution in [-0.4, -0.2) is 6.10 Å². The Kier molecular flexibility index (Phi) is 5.79. The fourth-order valence-corrected chi connectivity index (χ4v) is 2.70. The predicted molar refractivity (Wildman–Crippen MR) is 90.1 cm³/mol. The standard InChI is InChI=1S/C17H21BrN2O/c1-12(2)21-16-8-4-6-14(11-16)17(20-19)10-13-5-3-7-15(18)9-13/h3-9,11-12,17,20H,10,19H2,1-2H3. The first-order valence-corrected chi connectivity index (χ1v) is 7.85. The van der Waals surface area contributed by atoms with E-state index in [-0.39, 0.29) is 12.1 Å².